The molecule has 0 bridgehead atoms. The third kappa shape index (κ3) is 35.6. The molecule has 0 radical (unpaired) electrons. The first-order valence-electron chi connectivity index (χ1n) is 39.2. The highest BCUT2D eigenvalue weighted by molar-refractivity contribution is 4.95. The highest BCUT2D eigenvalue weighted by Gasteiger charge is 2.40. The van der Waals surface area contributed by atoms with Gasteiger partial charge in [0.25, 0.3) is 0 Å². The number of aliphatic hydroxyl groups is 1. The first-order valence-corrected chi connectivity index (χ1v) is 39.2. The van der Waals surface area contributed by atoms with Gasteiger partial charge < -0.3 is 54.8 Å². The van der Waals surface area contributed by atoms with Gasteiger partial charge in [-0.1, -0.05) is 76.2 Å². The molecule has 13 nitrogen and oxygen atoms in total. The summed E-state index contributed by atoms with van der Waals surface area (Å²) in [5.74, 6) is 4.25. The third-order valence-corrected chi connectivity index (χ3v) is 23.2. The van der Waals surface area contributed by atoms with E-state index in [9.17, 15) is 0 Å². The van der Waals surface area contributed by atoms with Gasteiger partial charge in [0, 0.05) is 118 Å². The number of piperazine rings is 1. The molecule has 11 fully saturated rings. The lowest BCUT2D eigenvalue weighted by Crippen LogP contribution is -2.50. The average molecular weight is 1320 g/mol. The van der Waals surface area contributed by atoms with E-state index in [1.807, 2.05) is 0 Å². The van der Waals surface area contributed by atoms with Crippen LogP contribution >= 0.6 is 0 Å². The maximum absolute atomic E-state index is 8.94. The van der Waals surface area contributed by atoms with Crippen LogP contribution in [0.15, 0.2) is 0 Å². The van der Waals surface area contributed by atoms with Gasteiger partial charge in [-0.05, 0) is 309 Å². The monoisotopic (exact) mass is 1320 g/mol. The number of rotatable bonds is 12. The van der Waals surface area contributed by atoms with E-state index in [1.165, 1.54) is 227 Å². The van der Waals surface area contributed by atoms with Gasteiger partial charge in [-0.15, -0.1) is 0 Å². The van der Waals surface area contributed by atoms with Crippen LogP contribution in [0.5, 0.6) is 0 Å². The number of piperidine rings is 2. The van der Waals surface area contributed by atoms with Gasteiger partial charge in [0.15, 0.2) is 0 Å². The number of fused-ring (bicyclic) bond motifs is 1. The molecule has 1 saturated carbocycles. The molecule has 0 amide bonds. The predicted octanol–water partition coefficient (Wildman–Crippen LogP) is 15.3. The Morgan fingerprint density at radius 3 is 0.978 bits per heavy atom. The van der Waals surface area contributed by atoms with Crippen molar-refractivity contribution in [2.45, 2.75) is 329 Å². The van der Waals surface area contributed by atoms with Crippen molar-refractivity contribution in [3.05, 3.63) is 0 Å². The lowest BCUT2D eigenvalue weighted by atomic mass is 9.70. The molecule has 13 heteroatoms. The second kappa shape index (κ2) is 49.9. The minimum atomic E-state index is 0. The summed E-state index contributed by atoms with van der Waals surface area (Å²) in [6.45, 7) is 73.3. The molecule has 3 N–H and O–H groups in total. The Kier molecular flexibility index (Phi) is 49.6. The van der Waals surface area contributed by atoms with Gasteiger partial charge in [0.1, 0.15) is 0 Å². The smallest absolute Gasteiger partial charge is 0.0586 e. The molecule has 10 heterocycles. The first kappa shape index (κ1) is 92.5. The number of likely N-dealkylation sites (N-methyl/N-ethyl adjacent to an activating group) is 1. The fraction of sp³-hybridized carbons (Fsp3) is 1.00. The Balaban J connectivity index is 0.00000101. The fourth-order valence-corrected chi connectivity index (χ4v) is 15.0. The molecule has 93 heavy (non-hydrogen) atoms. The topological polar surface area (TPSA) is 87.9 Å². The zero-order valence-corrected chi connectivity index (χ0v) is 65.9. The van der Waals surface area contributed by atoms with Gasteiger partial charge in [-0.3, -0.25) is 9.80 Å². The fourth-order valence-electron chi connectivity index (χ4n) is 15.0. The van der Waals surface area contributed by atoms with Crippen LogP contribution < -0.4 is 5.73 Å². The Morgan fingerprint density at radius 1 is 0.398 bits per heavy atom. The van der Waals surface area contributed by atoms with Crippen molar-refractivity contribution in [2.75, 3.05) is 159 Å². The van der Waals surface area contributed by atoms with Crippen LogP contribution in [-0.4, -0.2) is 273 Å². The molecule has 0 aromatic heterocycles. The summed E-state index contributed by atoms with van der Waals surface area (Å²) in [4.78, 5) is 25.0. The van der Waals surface area contributed by atoms with Crippen molar-refractivity contribution in [3.8, 4) is 0 Å². The molecule has 0 aromatic carbocycles. The first-order chi connectivity index (χ1) is 42.9. The molecule has 560 valence electrons. The molecular weight excluding hydrogens is 1150 g/mol. The van der Waals surface area contributed by atoms with Gasteiger partial charge in [-0.25, -0.2) is 0 Å². The maximum Gasteiger partial charge on any atom is 0.0586 e. The summed E-state index contributed by atoms with van der Waals surface area (Å²) in [5.41, 5.74) is 6.71. The summed E-state index contributed by atoms with van der Waals surface area (Å²) < 4.78 is 5.19. The van der Waals surface area contributed by atoms with Crippen LogP contribution in [0.3, 0.4) is 0 Å². The van der Waals surface area contributed by atoms with E-state index in [2.05, 4.69) is 216 Å². The normalized spacial score (nSPS) is 26.1. The van der Waals surface area contributed by atoms with Crippen molar-refractivity contribution >= 4 is 0 Å². The number of aliphatic hydroxyl groups excluding tert-OH is 1. The van der Waals surface area contributed by atoms with E-state index in [1.54, 1.807) is 0 Å². The van der Waals surface area contributed by atoms with E-state index in [-0.39, 0.29) is 20.4 Å². The van der Waals surface area contributed by atoms with Crippen molar-refractivity contribution in [1.82, 2.24) is 49.0 Å². The molecule has 0 spiro atoms. The molecule has 10 saturated heterocycles. The number of hydrogen-bond acceptors (Lipinski definition) is 13. The molecule has 4 atom stereocenters. The van der Waals surface area contributed by atoms with E-state index >= 15 is 0 Å². The Hall–Kier alpha value is -0.520. The van der Waals surface area contributed by atoms with Gasteiger partial charge in [-0.2, -0.15) is 0 Å². The standard InChI is InChI=1S/C10H20N2.C8H18N2.C8H17NO.3C8H17N.C8H16O.2C7H15N.C6H13N.2CH4/c1-8(2)12-6-9-4-11(3)5-10(9)7-12;1-8(2)10-6-4-9(3)5-7-10;1-7(2)9-5-3-4-8(9)6-10;1-7(2)8-5-4-6-9(8)3;2*1-8(2)9-6-4-3-5-7-9;1-4-8(7(2)3)5-9-6-8;1-7(2)8-5-3-4-6-8;1-6(2)7(8)4-3-5-7;1-6(2)7-4-3-5-7;;/h8-10H,4-7H2,1-3H3;8H,4-7H2,1-3H3;7-8,10H,3-6H2,1-2H3;7-8H,4-6H2,1-3H3;2*8H,3-7H2,1-2H3;7H,4-6H2,1-3H3;7H,3-6H2,1-2H3;6H,3-5,8H2,1-2H3;6H,3-5H2,1-2H3;2*1H4. The Morgan fingerprint density at radius 2 is 0.774 bits per heavy atom. The van der Waals surface area contributed by atoms with Crippen molar-refractivity contribution in [1.29, 1.82) is 0 Å². The number of likely N-dealkylation sites (tertiary alicyclic amines) is 8. The summed E-state index contributed by atoms with van der Waals surface area (Å²) in [7, 11) is 6.67. The van der Waals surface area contributed by atoms with Crippen LogP contribution in [0.1, 0.15) is 269 Å². The summed E-state index contributed by atoms with van der Waals surface area (Å²) >= 11 is 0. The number of hydrogen-bond donors (Lipinski definition) is 2. The summed E-state index contributed by atoms with van der Waals surface area (Å²) in [6, 6.07) is 6.49. The van der Waals surface area contributed by atoms with Gasteiger partial charge >= 0.3 is 0 Å². The largest absolute Gasteiger partial charge is 0.395 e. The quantitative estimate of drug-likeness (QED) is 0.195. The van der Waals surface area contributed by atoms with Crippen LogP contribution in [0.4, 0.5) is 0 Å². The van der Waals surface area contributed by atoms with Gasteiger partial charge in [0.05, 0.1) is 19.8 Å². The number of ether oxygens (including phenoxy) is 1. The molecule has 10 aliphatic heterocycles. The minimum Gasteiger partial charge on any atom is -0.395 e. The van der Waals surface area contributed by atoms with E-state index < -0.39 is 0 Å². The zero-order chi connectivity index (χ0) is 68.4. The molecule has 1 aliphatic carbocycles. The van der Waals surface area contributed by atoms with E-state index in [4.69, 9.17) is 15.6 Å². The molecule has 0 aromatic rings. The predicted molar refractivity (Wildman–Crippen MR) is 414 cm³/mol. The Labute approximate surface area is 584 Å². The minimum absolute atomic E-state index is 0. The van der Waals surface area contributed by atoms with Gasteiger partial charge in [0.2, 0.25) is 0 Å². The number of nitrogens with two attached hydrogens (primary N) is 1. The summed E-state index contributed by atoms with van der Waals surface area (Å²) in [5, 5.41) is 8.94. The highest BCUT2D eigenvalue weighted by Crippen LogP contribution is 2.39. The maximum atomic E-state index is 8.94. The molecule has 11 aliphatic rings. The van der Waals surface area contributed by atoms with Crippen molar-refractivity contribution in [3.63, 3.8) is 0 Å². The van der Waals surface area contributed by atoms with E-state index in [0.717, 1.165) is 79.2 Å². The lowest BCUT2D eigenvalue weighted by molar-refractivity contribution is -0.140. The zero-order valence-electron chi connectivity index (χ0n) is 65.9. The highest BCUT2D eigenvalue weighted by atomic mass is 16.5. The molecule has 4 unspecified atom stereocenters. The SMILES string of the molecule is C.C.CC(C)C1(N)CCC1.CC(C)C1CCCN1C.CC(C)N1CC2CN(C)CC2C1.CC(C)N1CCC1.CC(C)N1CCCC1.CC(C)N1CCCC1CO.CC(C)N1CCCCC1.CC(C)N1CCCCC1.CC(C)N1CCN(C)CC1.CCC1(C(C)C)COC1. The summed E-state index contributed by atoms with van der Waals surface area (Å²) in [6.07, 6.45) is 23.1. The second-order valence-corrected chi connectivity index (χ2v) is 33.3. The Bertz CT molecular complexity index is 1670. The van der Waals surface area contributed by atoms with E-state index in [0.29, 0.717) is 30.0 Å². The average Bonchev–Trinajstić information content (AvgIpc) is 1.70. The lowest BCUT2D eigenvalue weighted by Gasteiger charge is -2.44. The van der Waals surface area contributed by atoms with Crippen molar-refractivity contribution < 1.29 is 9.84 Å². The van der Waals surface area contributed by atoms with Crippen LogP contribution in [0.2, 0.25) is 0 Å². The number of nitrogens with zero attached hydrogens (tertiary/aromatic N) is 10. The van der Waals surface area contributed by atoms with Crippen LogP contribution in [0.25, 0.3) is 0 Å². The molecular formula is C80H173N11O2. The third-order valence-electron chi connectivity index (χ3n) is 23.2. The van der Waals surface area contributed by atoms with Crippen LogP contribution in [0, 0.1) is 35.0 Å². The molecule has 11 rings (SSSR count). The van der Waals surface area contributed by atoms with Crippen LogP contribution in [-0.2, 0) is 4.74 Å². The second-order valence-electron chi connectivity index (χ2n) is 33.3. The van der Waals surface area contributed by atoms with Crippen molar-refractivity contribution in [2.24, 2.45) is 40.7 Å².